The van der Waals surface area contributed by atoms with Crippen LogP contribution in [0.2, 0.25) is 20.1 Å². The SMILES string of the molecule is Clc1cc(I)c(OCCCCOc2cc(Cl)c(Cl)cc2I)cc1Cl. The summed E-state index contributed by atoms with van der Waals surface area (Å²) in [6, 6.07) is 7.05. The summed E-state index contributed by atoms with van der Waals surface area (Å²) in [6.07, 6.45) is 1.71. The van der Waals surface area contributed by atoms with Gasteiger partial charge in [-0.05, 0) is 70.2 Å². The van der Waals surface area contributed by atoms with Gasteiger partial charge in [-0.15, -0.1) is 0 Å². The van der Waals surface area contributed by atoms with Crippen LogP contribution in [0.25, 0.3) is 0 Å². The van der Waals surface area contributed by atoms with Crippen LogP contribution in [0, 0.1) is 7.14 Å². The Bertz CT molecular complexity index is 664. The highest BCUT2D eigenvalue weighted by Gasteiger charge is 2.08. The zero-order chi connectivity index (χ0) is 17.7. The van der Waals surface area contributed by atoms with Crippen LogP contribution < -0.4 is 9.47 Å². The molecule has 0 radical (unpaired) electrons. The van der Waals surface area contributed by atoms with Crippen molar-refractivity contribution in [3.05, 3.63) is 51.5 Å². The molecule has 0 spiro atoms. The lowest BCUT2D eigenvalue weighted by Crippen LogP contribution is -2.04. The molecule has 2 rings (SSSR count). The average Bonchev–Trinajstić information content (AvgIpc) is 2.52. The first-order chi connectivity index (χ1) is 11.4. The fourth-order valence-corrected chi connectivity index (χ4v) is 4.05. The van der Waals surface area contributed by atoms with Crippen molar-refractivity contribution >= 4 is 91.6 Å². The fraction of sp³-hybridized carbons (Fsp3) is 0.250. The molecule has 0 aromatic heterocycles. The van der Waals surface area contributed by atoms with E-state index in [9.17, 15) is 0 Å². The first-order valence-electron chi connectivity index (χ1n) is 6.93. The molecule has 2 nitrogen and oxygen atoms in total. The van der Waals surface area contributed by atoms with Crippen LogP contribution in [0.4, 0.5) is 0 Å². The molecule has 130 valence electrons. The molecule has 8 heteroatoms. The van der Waals surface area contributed by atoms with E-state index in [1.54, 1.807) is 24.3 Å². The van der Waals surface area contributed by atoms with E-state index in [2.05, 4.69) is 45.2 Å². The maximum Gasteiger partial charge on any atom is 0.134 e. The smallest absolute Gasteiger partial charge is 0.134 e. The predicted octanol–water partition coefficient (Wildman–Crippen LogP) is 7.75. The van der Waals surface area contributed by atoms with Crippen LogP contribution in [0.3, 0.4) is 0 Å². The number of rotatable bonds is 7. The minimum atomic E-state index is 0.490. The maximum absolute atomic E-state index is 6.00. The second-order valence-corrected chi connectivity index (χ2v) is 8.75. The Balaban J connectivity index is 1.74. The lowest BCUT2D eigenvalue weighted by atomic mass is 10.3. The molecule has 24 heavy (non-hydrogen) atoms. The Morgan fingerprint density at radius 1 is 0.625 bits per heavy atom. The van der Waals surface area contributed by atoms with Crippen LogP contribution >= 0.6 is 91.6 Å². The zero-order valence-electron chi connectivity index (χ0n) is 12.2. The lowest BCUT2D eigenvalue weighted by Gasteiger charge is -2.11. The van der Waals surface area contributed by atoms with Gasteiger partial charge in [0.25, 0.3) is 0 Å². The second-order valence-electron chi connectivity index (χ2n) is 4.80. The minimum Gasteiger partial charge on any atom is -0.492 e. The molecule has 0 N–H and O–H groups in total. The van der Waals surface area contributed by atoms with E-state index in [0.29, 0.717) is 33.3 Å². The van der Waals surface area contributed by atoms with Crippen LogP contribution in [0.15, 0.2) is 24.3 Å². The molecule has 0 aliphatic rings. The normalized spacial score (nSPS) is 10.8. The maximum atomic E-state index is 6.00. The van der Waals surface area contributed by atoms with E-state index >= 15 is 0 Å². The number of hydrogen-bond donors (Lipinski definition) is 0. The molecule has 0 amide bonds. The van der Waals surface area contributed by atoms with Gasteiger partial charge in [-0.25, -0.2) is 0 Å². The van der Waals surface area contributed by atoms with Gasteiger partial charge >= 0.3 is 0 Å². The number of unbranched alkanes of at least 4 members (excludes halogenated alkanes) is 1. The largest absolute Gasteiger partial charge is 0.492 e. The summed E-state index contributed by atoms with van der Waals surface area (Å²) in [5.41, 5.74) is 0. The molecule has 0 aliphatic carbocycles. The second kappa shape index (κ2) is 10.1. The summed E-state index contributed by atoms with van der Waals surface area (Å²) in [7, 11) is 0. The molecule has 0 aliphatic heterocycles. The molecule has 0 atom stereocenters. The standard InChI is InChI=1S/C16H12Cl4I2O2/c17-9-5-13(21)15(7-11(9)19)23-3-1-2-4-24-16-8-12(20)10(18)6-14(16)22/h5-8H,1-4H2. The van der Waals surface area contributed by atoms with Gasteiger partial charge in [0.1, 0.15) is 11.5 Å². The summed E-state index contributed by atoms with van der Waals surface area (Å²) < 4.78 is 13.3. The number of benzene rings is 2. The van der Waals surface area contributed by atoms with Gasteiger partial charge in [0, 0.05) is 12.1 Å². The van der Waals surface area contributed by atoms with Crippen molar-refractivity contribution in [3.63, 3.8) is 0 Å². The monoisotopic (exact) mass is 630 g/mol. The number of halogens is 6. The average molecular weight is 632 g/mol. The minimum absolute atomic E-state index is 0.490. The van der Waals surface area contributed by atoms with Crippen molar-refractivity contribution in [3.8, 4) is 11.5 Å². The van der Waals surface area contributed by atoms with Gasteiger partial charge in [0.2, 0.25) is 0 Å². The Morgan fingerprint density at radius 3 is 1.33 bits per heavy atom. The number of ether oxygens (including phenoxy) is 2. The molecule has 2 aromatic rings. The van der Waals surface area contributed by atoms with Gasteiger partial charge < -0.3 is 9.47 Å². The van der Waals surface area contributed by atoms with Crippen molar-refractivity contribution in [2.45, 2.75) is 12.8 Å². The van der Waals surface area contributed by atoms with E-state index in [0.717, 1.165) is 31.5 Å². The third kappa shape index (κ3) is 6.13. The molecule has 0 bridgehead atoms. The van der Waals surface area contributed by atoms with Gasteiger partial charge in [-0.1, -0.05) is 46.4 Å². The summed E-state index contributed by atoms with van der Waals surface area (Å²) >= 11 is 28.2. The molecule has 0 unspecified atom stereocenters. The lowest BCUT2D eigenvalue weighted by molar-refractivity contribution is 0.264. The van der Waals surface area contributed by atoms with E-state index in [4.69, 9.17) is 55.9 Å². The summed E-state index contributed by atoms with van der Waals surface area (Å²) in [5.74, 6) is 1.48. The van der Waals surface area contributed by atoms with Crippen molar-refractivity contribution in [2.24, 2.45) is 0 Å². The quantitative estimate of drug-likeness (QED) is 0.177. The van der Waals surface area contributed by atoms with Gasteiger partial charge in [-0.2, -0.15) is 0 Å². The van der Waals surface area contributed by atoms with Crippen LogP contribution in [-0.4, -0.2) is 13.2 Å². The van der Waals surface area contributed by atoms with Crippen LogP contribution in [0.5, 0.6) is 11.5 Å². The topological polar surface area (TPSA) is 18.5 Å². The van der Waals surface area contributed by atoms with Crippen LogP contribution in [0.1, 0.15) is 12.8 Å². The summed E-state index contributed by atoms with van der Waals surface area (Å²) in [6.45, 7) is 1.16. The number of hydrogen-bond acceptors (Lipinski definition) is 2. The van der Waals surface area contributed by atoms with Crippen molar-refractivity contribution in [1.29, 1.82) is 0 Å². The van der Waals surface area contributed by atoms with E-state index < -0.39 is 0 Å². The molecule has 2 aromatic carbocycles. The fourth-order valence-electron chi connectivity index (χ4n) is 1.80. The van der Waals surface area contributed by atoms with Crippen molar-refractivity contribution in [2.75, 3.05) is 13.2 Å². The highest BCUT2D eigenvalue weighted by Crippen LogP contribution is 2.32. The van der Waals surface area contributed by atoms with Gasteiger partial charge in [0.15, 0.2) is 0 Å². The molecule has 0 heterocycles. The van der Waals surface area contributed by atoms with E-state index in [1.165, 1.54) is 0 Å². The molecule has 0 fully saturated rings. The summed E-state index contributed by atoms with van der Waals surface area (Å²) in [5, 5.41) is 2.03. The highest BCUT2D eigenvalue weighted by atomic mass is 127. The molecule has 0 saturated carbocycles. The Hall–Kier alpha value is 0.660. The molecular formula is C16H12Cl4I2O2. The Morgan fingerprint density at radius 2 is 0.958 bits per heavy atom. The van der Waals surface area contributed by atoms with Crippen molar-refractivity contribution in [1.82, 2.24) is 0 Å². The molecule has 0 saturated heterocycles. The Kier molecular flexibility index (Phi) is 8.83. The van der Waals surface area contributed by atoms with Gasteiger partial charge in [-0.3, -0.25) is 0 Å². The zero-order valence-corrected chi connectivity index (χ0v) is 19.6. The predicted molar refractivity (Wildman–Crippen MR) is 119 cm³/mol. The molecular weight excluding hydrogens is 620 g/mol. The Labute approximate surface area is 188 Å². The van der Waals surface area contributed by atoms with Gasteiger partial charge in [0.05, 0.1) is 40.4 Å². The third-order valence-corrected chi connectivity index (χ3v) is 6.13. The summed E-state index contributed by atoms with van der Waals surface area (Å²) in [4.78, 5) is 0. The van der Waals surface area contributed by atoms with E-state index in [-0.39, 0.29) is 0 Å². The van der Waals surface area contributed by atoms with Crippen LogP contribution in [-0.2, 0) is 0 Å². The van der Waals surface area contributed by atoms with Crippen molar-refractivity contribution < 1.29 is 9.47 Å². The first-order valence-corrected chi connectivity index (χ1v) is 10.6. The highest BCUT2D eigenvalue weighted by molar-refractivity contribution is 14.1. The van der Waals surface area contributed by atoms with E-state index in [1.807, 2.05) is 0 Å². The first kappa shape index (κ1) is 21.0. The third-order valence-electron chi connectivity index (χ3n) is 3.00.